The van der Waals surface area contributed by atoms with Crippen LogP contribution in [0.15, 0.2) is 35.2 Å². The first kappa shape index (κ1) is 24.7. The van der Waals surface area contributed by atoms with Crippen LogP contribution in [0.25, 0.3) is 0 Å². The van der Waals surface area contributed by atoms with E-state index in [0.717, 1.165) is 68.2 Å². The Morgan fingerprint density at radius 1 is 1.00 bits per heavy atom. The maximum atomic E-state index is 13.3. The smallest absolute Gasteiger partial charge is 0.402 e. The average molecular weight is 534 g/mol. The van der Waals surface area contributed by atoms with E-state index in [0.29, 0.717) is 17.3 Å². The lowest BCUT2D eigenvalue weighted by molar-refractivity contribution is -0.199. The Labute approximate surface area is 225 Å². The quantitative estimate of drug-likeness (QED) is 0.576. The van der Waals surface area contributed by atoms with Crippen LogP contribution in [-0.2, 0) is 45.0 Å². The maximum absolute atomic E-state index is 13.3. The van der Waals surface area contributed by atoms with Crippen LogP contribution in [0, 0.1) is 17.3 Å². The molecule has 2 amide bonds. The number of aryl methyl sites for hydroxylation is 2. The van der Waals surface area contributed by atoms with Crippen molar-refractivity contribution in [3.8, 4) is 0 Å². The number of amides is 2. The molecule has 2 aromatic carbocycles. The Balaban J connectivity index is 1.10. The molecule has 9 heteroatoms. The number of benzene rings is 2. The molecule has 200 valence electrons. The molecule has 0 spiro atoms. The normalized spacial score (nSPS) is 30.3. The van der Waals surface area contributed by atoms with Crippen molar-refractivity contribution >= 4 is 34.3 Å². The van der Waals surface area contributed by atoms with Crippen LogP contribution in [0.1, 0.15) is 68.7 Å². The molecule has 0 aromatic heterocycles. The van der Waals surface area contributed by atoms with E-state index in [1.807, 2.05) is 6.07 Å². The van der Waals surface area contributed by atoms with Gasteiger partial charge in [0.15, 0.2) is 0 Å². The van der Waals surface area contributed by atoms with Crippen molar-refractivity contribution in [2.24, 2.45) is 17.3 Å². The summed E-state index contributed by atoms with van der Waals surface area (Å²) in [6.45, 7) is 6.76. The van der Waals surface area contributed by atoms with Crippen molar-refractivity contribution in [3.63, 3.8) is 0 Å². The zero-order valence-corrected chi connectivity index (χ0v) is 23.1. The molecule has 0 radical (unpaired) electrons. The highest BCUT2D eigenvalue weighted by Gasteiger charge is 2.68. The highest BCUT2D eigenvalue weighted by atomic mass is 32.2. The van der Waals surface area contributed by atoms with Crippen molar-refractivity contribution in [3.05, 3.63) is 52.6 Å². The number of sulfonamides is 1. The SMILES string of the molecule is CC1(C)[C@@H]2CC3OB(c4cccc(S(=O)(=O)NC(=O)Nc5c6c(cc7c5CCC7)CCC6)c4)O[C@@]3(C)[C@@H]1C2. The summed E-state index contributed by atoms with van der Waals surface area (Å²) < 4.78 is 41.7. The summed E-state index contributed by atoms with van der Waals surface area (Å²) in [5.41, 5.74) is 6.19. The first-order valence-electron chi connectivity index (χ1n) is 14.0. The Morgan fingerprint density at radius 3 is 2.39 bits per heavy atom. The molecule has 38 heavy (non-hydrogen) atoms. The van der Waals surface area contributed by atoms with Gasteiger partial charge in [-0.1, -0.05) is 32.0 Å². The summed E-state index contributed by atoms with van der Waals surface area (Å²) in [6, 6.07) is 8.13. The van der Waals surface area contributed by atoms with E-state index in [9.17, 15) is 13.2 Å². The number of carbonyl (C=O) groups is 1. The summed E-state index contributed by atoms with van der Waals surface area (Å²) in [7, 11) is -4.72. The molecule has 1 unspecified atom stereocenters. The van der Waals surface area contributed by atoms with Crippen LogP contribution in [-0.4, -0.2) is 33.3 Å². The second-order valence-electron chi connectivity index (χ2n) is 12.7. The van der Waals surface area contributed by atoms with Gasteiger partial charge in [0, 0.05) is 5.69 Å². The van der Waals surface area contributed by atoms with E-state index >= 15 is 0 Å². The van der Waals surface area contributed by atoms with Crippen molar-refractivity contribution in [2.45, 2.75) is 88.7 Å². The third-order valence-electron chi connectivity index (χ3n) is 10.3. The van der Waals surface area contributed by atoms with Gasteiger partial charge in [0.05, 0.1) is 16.6 Å². The minimum atomic E-state index is -4.10. The molecule has 4 atom stereocenters. The van der Waals surface area contributed by atoms with Gasteiger partial charge >= 0.3 is 13.1 Å². The minimum absolute atomic E-state index is 0.00256. The number of urea groups is 1. The molecule has 1 saturated heterocycles. The number of hydrogen-bond acceptors (Lipinski definition) is 5. The maximum Gasteiger partial charge on any atom is 0.494 e. The summed E-state index contributed by atoms with van der Waals surface area (Å²) in [4.78, 5) is 13.0. The van der Waals surface area contributed by atoms with Gasteiger partial charge in [-0.25, -0.2) is 17.9 Å². The number of hydrogen-bond donors (Lipinski definition) is 2. The number of anilines is 1. The van der Waals surface area contributed by atoms with Crippen molar-refractivity contribution in [1.29, 1.82) is 0 Å². The molecule has 8 rings (SSSR count). The van der Waals surface area contributed by atoms with Gasteiger partial charge in [-0.3, -0.25) is 0 Å². The predicted molar refractivity (Wildman–Crippen MR) is 146 cm³/mol. The Kier molecular flexibility index (Phi) is 5.40. The van der Waals surface area contributed by atoms with Crippen LogP contribution < -0.4 is 15.5 Å². The zero-order valence-electron chi connectivity index (χ0n) is 22.3. The number of fused-ring (bicyclic) bond motifs is 2. The number of carbonyl (C=O) groups excluding carboxylic acids is 1. The first-order valence-corrected chi connectivity index (χ1v) is 15.5. The van der Waals surface area contributed by atoms with Crippen LogP contribution in [0.4, 0.5) is 10.5 Å². The molecule has 2 aromatic rings. The zero-order chi connectivity index (χ0) is 26.4. The van der Waals surface area contributed by atoms with Crippen LogP contribution in [0.3, 0.4) is 0 Å². The molecule has 3 saturated carbocycles. The van der Waals surface area contributed by atoms with Gasteiger partial charge in [-0.05, 0) is 115 Å². The summed E-state index contributed by atoms with van der Waals surface area (Å²) >= 11 is 0. The van der Waals surface area contributed by atoms with Gasteiger partial charge in [0.25, 0.3) is 10.0 Å². The van der Waals surface area contributed by atoms with Crippen molar-refractivity contribution in [1.82, 2.24) is 4.72 Å². The lowest BCUT2D eigenvalue weighted by Gasteiger charge is -2.64. The van der Waals surface area contributed by atoms with E-state index in [1.54, 1.807) is 12.1 Å². The molecule has 7 nitrogen and oxygen atoms in total. The van der Waals surface area contributed by atoms with E-state index in [4.69, 9.17) is 9.31 Å². The van der Waals surface area contributed by atoms with Crippen LogP contribution in [0.2, 0.25) is 0 Å². The fourth-order valence-corrected chi connectivity index (χ4v) is 9.09. The fraction of sp³-hybridized carbons (Fsp3) is 0.552. The minimum Gasteiger partial charge on any atom is -0.402 e. The highest BCUT2D eigenvalue weighted by Crippen LogP contribution is 2.65. The topological polar surface area (TPSA) is 93.7 Å². The van der Waals surface area contributed by atoms with Crippen molar-refractivity contribution in [2.75, 3.05) is 5.32 Å². The van der Waals surface area contributed by atoms with Gasteiger partial charge in [0.2, 0.25) is 0 Å². The standard InChI is InChI=1S/C29H35BN2O5S/c1-28(2)19-14-24(28)29(3)25(15-19)36-30(37-29)20-9-6-10-21(16-20)38(34,35)32-27(33)31-26-22-11-4-7-17(22)13-18-8-5-12-23(18)26/h6,9-10,13,16,19,24-25H,4-5,7-8,11-12,14-15H2,1-3H3,(H2,31,32,33)/t19-,24+,25?,29-/m0/s1. The monoisotopic (exact) mass is 534 g/mol. The lowest BCUT2D eigenvalue weighted by Crippen LogP contribution is -2.65. The lowest BCUT2D eigenvalue weighted by atomic mass is 9.43. The van der Waals surface area contributed by atoms with Crippen LogP contribution >= 0.6 is 0 Å². The van der Waals surface area contributed by atoms with Gasteiger partial charge in [0.1, 0.15) is 0 Å². The Bertz CT molecular complexity index is 1420. The molecular formula is C29H35BN2O5S. The van der Waals surface area contributed by atoms with E-state index in [-0.39, 0.29) is 22.0 Å². The van der Waals surface area contributed by atoms with E-state index in [2.05, 4.69) is 36.9 Å². The second kappa shape index (κ2) is 8.32. The third kappa shape index (κ3) is 3.61. The fourth-order valence-electron chi connectivity index (χ4n) is 8.12. The van der Waals surface area contributed by atoms with E-state index < -0.39 is 23.2 Å². The summed E-state index contributed by atoms with van der Waals surface area (Å²) in [5.74, 6) is 1.05. The second-order valence-corrected chi connectivity index (χ2v) is 14.3. The Hall–Kier alpha value is -2.36. The number of nitrogens with one attached hydrogen (secondary N) is 2. The molecule has 1 heterocycles. The molecular weight excluding hydrogens is 499 g/mol. The van der Waals surface area contributed by atoms with Gasteiger partial charge in [-0.2, -0.15) is 0 Å². The number of rotatable bonds is 4. The summed E-state index contributed by atoms with van der Waals surface area (Å²) in [6.07, 6.45) is 8.07. The van der Waals surface area contributed by atoms with Crippen LogP contribution in [0.5, 0.6) is 0 Å². The predicted octanol–water partition coefficient (Wildman–Crippen LogP) is 4.11. The Morgan fingerprint density at radius 2 is 1.71 bits per heavy atom. The van der Waals surface area contributed by atoms with Gasteiger partial charge < -0.3 is 14.6 Å². The molecule has 2 bridgehead atoms. The first-order chi connectivity index (χ1) is 18.1. The molecule has 6 aliphatic rings. The molecule has 2 N–H and O–H groups in total. The molecule has 1 aliphatic heterocycles. The third-order valence-corrected chi connectivity index (χ3v) is 11.7. The van der Waals surface area contributed by atoms with Gasteiger partial charge in [-0.15, -0.1) is 0 Å². The van der Waals surface area contributed by atoms with E-state index in [1.165, 1.54) is 17.2 Å². The molecule has 5 aliphatic carbocycles. The average Bonchev–Trinajstić information content (AvgIpc) is 3.61. The summed E-state index contributed by atoms with van der Waals surface area (Å²) in [5, 5.41) is 2.92. The highest BCUT2D eigenvalue weighted by molar-refractivity contribution is 7.90. The van der Waals surface area contributed by atoms with Crippen molar-refractivity contribution < 1.29 is 22.5 Å². The molecule has 4 fully saturated rings. The largest absolute Gasteiger partial charge is 0.494 e.